The molecular formula is C25H27N3O5S. The molecule has 3 rings (SSSR count). The Balaban J connectivity index is 1.59. The number of hydrazone groups is 1. The lowest BCUT2D eigenvalue weighted by molar-refractivity contribution is -0.121. The highest BCUT2D eigenvalue weighted by Crippen LogP contribution is 2.23. The lowest BCUT2D eigenvalue weighted by Crippen LogP contribution is -2.46. The molecule has 0 heterocycles. The molecule has 3 aromatic rings. The fraction of sp³-hybridized carbons (Fsp3) is 0.200. The molecule has 0 aliphatic heterocycles. The van der Waals surface area contributed by atoms with E-state index in [0.29, 0.717) is 23.8 Å². The number of ether oxygens (including phenoxy) is 2. The van der Waals surface area contributed by atoms with Crippen molar-refractivity contribution < 1.29 is 22.7 Å². The van der Waals surface area contributed by atoms with Gasteiger partial charge in [0.25, 0.3) is 5.91 Å². The molecule has 0 bridgehead atoms. The quantitative estimate of drug-likeness (QED) is 0.353. The number of anilines is 1. The summed E-state index contributed by atoms with van der Waals surface area (Å²) in [4.78, 5) is 12.6. The second-order valence-corrected chi connectivity index (χ2v) is 9.37. The Morgan fingerprint density at radius 3 is 2.21 bits per heavy atom. The van der Waals surface area contributed by atoms with Crippen LogP contribution in [0.25, 0.3) is 0 Å². The molecule has 1 N–H and O–H groups in total. The summed E-state index contributed by atoms with van der Waals surface area (Å²) in [5.74, 6) is 0.720. The van der Waals surface area contributed by atoms with Crippen LogP contribution in [0.15, 0.2) is 84.0 Å². The first-order valence-electron chi connectivity index (χ1n) is 10.5. The van der Waals surface area contributed by atoms with E-state index in [1.54, 1.807) is 36.4 Å². The number of nitrogens with zero attached hydrogens (tertiary/aromatic N) is 2. The van der Waals surface area contributed by atoms with Crippen molar-refractivity contribution in [2.24, 2.45) is 5.10 Å². The van der Waals surface area contributed by atoms with Gasteiger partial charge < -0.3 is 9.47 Å². The average Bonchev–Trinajstić information content (AvgIpc) is 2.83. The van der Waals surface area contributed by atoms with Gasteiger partial charge in [0.15, 0.2) is 0 Å². The van der Waals surface area contributed by atoms with Gasteiger partial charge in [0.05, 0.1) is 25.3 Å². The molecule has 0 radical (unpaired) electrons. The van der Waals surface area contributed by atoms with Crippen molar-refractivity contribution in [3.63, 3.8) is 0 Å². The molecule has 0 aromatic heterocycles. The van der Waals surface area contributed by atoms with E-state index < -0.39 is 22.0 Å². The van der Waals surface area contributed by atoms with Crippen molar-refractivity contribution in [3.05, 3.63) is 90.0 Å². The van der Waals surface area contributed by atoms with Gasteiger partial charge in [-0.3, -0.25) is 9.10 Å². The molecule has 9 heteroatoms. The topological polar surface area (TPSA) is 97.3 Å². The second-order valence-electron chi connectivity index (χ2n) is 7.51. The highest BCUT2D eigenvalue weighted by Gasteiger charge is 2.29. The molecule has 34 heavy (non-hydrogen) atoms. The maximum Gasteiger partial charge on any atom is 0.263 e. The van der Waals surface area contributed by atoms with Crippen LogP contribution < -0.4 is 19.2 Å². The third kappa shape index (κ3) is 6.82. The van der Waals surface area contributed by atoms with Crippen molar-refractivity contribution in [3.8, 4) is 11.5 Å². The number of rotatable bonds is 10. The monoisotopic (exact) mass is 481 g/mol. The molecule has 3 aromatic carbocycles. The average molecular weight is 482 g/mol. The van der Waals surface area contributed by atoms with Gasteiger partial charge in [0.2, 0.25) is 10.0 Å². The minimum atomic E-state index is -3.72. The summed E-state index contributed by atoms with van der Waals surface area (Å²) in [6.07, 6.45) is 2.52. The first-order chi connectivity index (χ1) is 16.3. The molecule has 0 aliphatic carbocycles. The Hall–Kier alpha value is -3.85. The Kier molecular flexibility index (Phi) is 8.26. The SMILES string of the molecule is COc1ccc(N(C(C)C(=O)NN=Cc2ccc(OCc3ccccc3)cc2)S(C)(=O)=O)cc1. The predicted octanol–water partition coefficient (Wildman–Crippen LogP) is 3.58. The van der Waals surface area contributed by atoms with E-state index in [1.165, 1.54) is 20.2 Å². The van der Waals surface area contributed by atoms with Gasteiger partial charge in [-0.1, -0.05) is 30.3 Å². The number of carbonyl (C=O) groups is 1. The molecule has 0 saturated carbocycles. The van der Waals surface area contributed by atoms with Crippen LogP contribution in [0.1, 0.15) is 18.1 Å². The first-order valence-corrected chi connectivity index (χ1v) is 12.4. The zero-order valence-electron chi connectivity index (χ0n) is 19.2. The smallest absolute Gasteiger partial charge is 0.263 e. The second kappa shape index (κ2) is 11.3. The van der Waals surface area contributed by atoms with Crippen LogP contribution in [0.3, 0.4) is 0 Å². The summed E-state index contributed by atoms with van der Waals surface area (Å²) in [5, 5.41) is 3.96. The van der Waals surface area contributed by atoms with Crippen molar-refractivity contribution in [1.82, 2.24) is 5.43 Å². The Labute approximate surface area is 199 Å². The largest absolute Gasteiger partial charge is 0.497 e. The third-order valence-electron chi connectivity index (χ3n) is 4.93. The number of methoxy groups -OCH3 is 1. The Morgan fingerprint density at radius 1 is 1.00 bits per heavy atom. The lowest BCUT2D eigenvalue weighted by atomic mass is 10.2. The van der Waals surface area contributed by atoms with E-state index in [0.717, 1.165) is 21.7 Å². The summed E-state index contributed by atoms with van der Waals surface area (Å²) in [7, 11) is -2.21. The number of nitrogens with one attached hydrogen (secondary N) is 1. The molecule has 1 amide bonds. The number of carbonyl (C=O) groups excluding carboxylic acids is 1. The van der Waals surface area contributed by atoms with E-state index in [9.17, 15) is 13.2 Å². The molecule has 0 fully saturated rings. The third-order valence-corrected chi connectivity index (χ3v) is 6.17. The maximum atomic E-state index is 12.6. The number of amides is 1. The van der Waals surface area contributed by atoms with Gasteiger partial charge in [-0.15, -0.1) is 0 Å². The van der Waals surface area contributed by atoms with Gasteiger partial charge in [-0.25, -0.2) is 13.8 Å². The van der Waals surface area contributed by atoms with Gasteiger partial charge in [-0.2, -0.15) is 5.10 Å². The fourth-order valence-corrected chi connectivity index (χ4v) is 4.37. The Bertz CT molecular complexity index is 1210. The molecule has 178 valence electrons. The van der Waals surface area contributed by atoms with E-state index >= 15 is 0 Å². The van der Waals surface area contributed by atoms with Crippen molar-refractivity contribution in [1.29, 1.82) is 0 Å². The van der Waals surface area contributed by atoms with Crippen LogP contribution in [0.4, 0.5) is 5.69 Å². The number of hydrogen-bond acceptors (Lipinski definition) is 6. The normalized spacial score (nSPS) is 12.2. The highest BCUT2D eigenvalue weighted by atomic mass is 32.2. The zero-order chi connectivity index (χ0) is 24.6. The van der Waals surface area contributed by atoms with Crippen molar-refractivity contribution >= 4 is 27.8 Å². The molecule has 1 unspecified atom stereocenters. The lowest BCUT2D eigenvalue weighted by Gasteiger charge is -2.27. The summed E-state index contributed by atoms with van der Waals surface area (Å²) in [5.41, 5.74) is 4.57. The van der Waals surface area contributed by atoms with Gasteiger partial charge in [-0.05, 0) is 66.6 Å². The standard InChI is InChI=1S/C25H27N3O5S/c1-19(28(34(3,30)31)22-11-15-23(32-2)16-12-22)25(29)27-26-17-20-9-13-24(14-10-20)33-18-21-7-5-4-6-8-21/h4-17,19H,18H2,1-3H3,(H,27,29). The van der Waals surface area contributed by atoms with Gasteiger partial charge in [0.1, 0.15) is 24.1 Å². The van der Waals surface area contributed by atoms with E-state index in [4.69, 9.17) is 9.47 Å². The first kappa shape index (κ1) is 24.8. The number of benzene rings is 3. The van der Waals surface area contributed by atoms with E-state index in [-0.39, 0.29) is 0 Å². The predicted molar refractivity (Wildman–Crippen MR) is 133 cm³/mol. The van der Waals surface area contributed by atoms with Gasteiger partial charge in [0, 0.05) is 0 Å². The summed E-state index contributed by atoms with van der Waals surface area (Å²) in [6.45, 7) is 1.96. The summed E-state index contributed by atoms with van der Waals surface area (Å²) < 4.78 is 36.6. The molecule has 1 atom stereocenters. The minimum Gasteiger partial charge on any atom is -0.497 e. The van der Waals surface area contributed by atoms with Crippen LogP contribution >= 0.6 is 0 Å². The molecule has 8 nitrogen and oxygen atoms in total. The molecule has 0 spiro atoms. The number of sulfonamides is 1. The van der Waals surface area contributed by atoms with Crippen LogP contribution in [-0.2, 0) is 21.4 Å². The number of hydrogen-bond donors (Lipinski definition) is 1. The molecular weight excluding hydrogens is 454 g/mol. The maximum absolute atomic E-state index is 12.6. The molecule has 0 saturated heterocycles. The van der Waals surface area contributed by atoms with E-state index in [2.05, 4.69) is 10.5 Å². The zero-order valence-corrected chi connectivity index (χ0v) is 20.0. The fourth-order valence-electron chi connectivity index (χ4n) is 3.19. The van der Waals surface area contributed by atoms with E-state index in [1.807, 2.05) is 42.5 Å². The Morgan fingerprint density at radius 2 is 1.62 bits per heavy atom. The van der Waals surface area contributed by atoms with Gasteiger partial charge >= 0.3 is 0 Å². The van der Waals surface area contributed by atoms with Crippen LogP contribution in [0.5, 0.6) is 11.5 Å². The highest BCUT2D eigenvalue weighted by molar-refractivity contribution is 7.92. The molecule has 0 aliphatic rings. The summed E-state index contributed by atoms with van der Waals surface area (Å²) >= 11 is 0. The van der Waals surface area contributed by atoms with Crippen LogP contribution in [-0.4, -0.2) is 39.9 Å². The minimum absolute atomic E-state index is 0.348. The van der Waals surface area contributed by atoms with Crippen molar-refractivity contribution in [2.75, 3.05) is 17.7 Å². The summed E-state index contributed by atoms with van der Waals surface area (Å²) in [6, 6.07) is 22.5. The van der Waals surface area contributed by atoms with Crippen LogP contribution in [0.2, 0.25) is 0 Å². The van der Waals surface area contributed by atoms with Crippen LogP contribution in [0, 0.1) is 0 Å². The van der Waals surface area contributed by atoms with Crippen molar-refractivity contribution in [2.45, 2.75) is 19.6 Å².